The van der Waals surface area contributed by atoms with Crippen LogP contribution in [0.4, 0.5) is 24.7 Å². The average Bonchev–Trinajstić information content (AvgIpc) is 2.45. The summed E-state index contributed by atoms with van der Waals surface area (Å²) in [5.41, 5.74) is 0.734. The van der Waals surface area contributed by atoms with E-state index in [2.05, 4.69) is 10.3 Å². The Hall–Kier alpha value is -2.57. The molecule has 23 heavy (non-hydrogen) atoms. The predicted molar refractivity (Wildman–Crippen MR) is 83.3 cm³/mol. The van der Waals surface area contributed by atoms with Crippen LogP contribution < -0.4 is 10.2 Å². The van der Waals surface area contributed by atoms with Crippen LogP contribution in [0.2, 0.25) is 0 Å². The summed E-state index contributed by atoms with van der Waals surface area (Å²) in [5, 5.41) is 2.61. The fourth-order valence-electron chi connectivity index (χ4n) is 2.12. The molecule has 0 unspecified atom stereocenters. The van der Waals surface area contributed by atoms with Gasteiger partial charge in [-0.3, -0.25) is 4.79 Å². The molecule has 0 spiro atoms. The number of nitrogens with zero attached hydrogens (tertiary/aromatic N) is 2. The van der Waals surface area contributed by atoms with E-state index in [0.29, 0.717) is 22.6 Å². The standard InChI is InChI=1S/C16H16F3N3O/c1-10(23)21-13-6-4-11(5-7-13)14-8-12(16(17,18)19)9-20-15(14)22(2)3/h4-9H,1-3H3,(H,21,23). The third kappa shape index (κ3) is 4.00. The maximum absolute atomic E-state index is 12.9. The summed E-state index contributed by atoms with van der Waals surface area (Å²) in [4.78, 5) is 16.6. The van der Waals surface area contributed by atoms with Crippen LogP contribution in [-0.2, 0) is 11.0 Å². The fourth-order valence-corrected chi connectivity index (χ4v) is 2.12. The quantitative estimate of drug-likeness (QED) is 0.935. The third-order valence-electron chi connectivity index (χ3n) is 3.13. The van der Waals surface area contributed by atoms with Crippen LogP contribution in [0.15, 0.2) is 36.5 Å². The van der Waals surface area contributed by atoms with Crippen molar-refractivity contribution in [3.05, 3.63) is 42.1 Å². The molecule has 0 saturated carbocycles. The van der Waals surface area contributed by atoms with E-state index in [-0.39, 0.29) is 5.91 Å². The van der Waals surface area contributed by atoms with Crippen molar-refractivity contribution in [1.82, 2.24) is 4.98 Å². The molecule has 1 amide bonds. The second-order valence-corrected chi connectivity index (χ2v) is 5.25. The van der Waals surface area contributed by atoms with E-state index in [1.54, 1.807) is 43.3 Å². The van der Waals surface area contributed by atoms with Gasteiger partial charge in [0.25, 0.3) is 0 Å². The van der Waals surface area contributed by atoms with Crippen molar-refractivity contribution >= 4 is 17.4 Å². The smallest absolute Gasteiger partial charge is 0.362 e. The summed E-state index contributed by atoms with van der Waals surface area (Å²) < 4.78 is 38.8. The normalized spacial score (nSPS) is 11.2. The molecule has 0 saturated heterocycles. The van der Waals surface area contributed by atoms with E-state index in [4.69, 9.17) is 0 Å². The maximum atomic E-state index is 12.9. The van der Waals surface area contributed by atoms with Crippen LogP contribution in [0.5, 0.6) is 0 Å². The van der Waals surface area contributed by atoms with Crippen LogP contribution in [0.25, 0.3) is 11.1 Å². The Bertz CT molecular complexity index is 710. The fraction of sp³-hybridized carbons (Fsp3) is 0.250. The highest BCUT2D eigenvalue weighted by Gasteiger charge is 2.32. The van der Waals surface area contributed by atoms with Gasteiger partial charge in [0, 0.05) is 38.5 Å². The van der Waals surface area contributed by atoms with Gasteiger partial charge in [-0.2, -0.15) is 13.2 Å². The zero-order valence-electron chi connectivity index (χ0n) is 12.9. The van der Waals surface area contributed by atoms with Gasteiger partial charge in [0.2, 0.25) is 5.91 Å². The van der Waals surface area contributed by atoms with E-state index >= 15 is 0 Å². The number of alkyl halides is 3. The van der Waals surface area contributed by atoms with Gasteiger partial charge in [-0.25, -0.2) is 4.98 Å². The number of benzene rings is 1. The van der Waals surface area contributed by atoms with Crippen LogP contribution in [0, 0.1) is 0 Å². The van der Waals surface area contributed by atoms with Crippen molar-refractivity contribution in [3.63, 3.8) is 0 Å². The van der Waals surface area contributed by atoms with Gasteiger partial charge >= 0.3 is 6.18 Å². The van der Waals surface area contributed by atoms with Gasteiger partial charge in [0.15, 0.2) is 0 Å². The van der Waals surface area contributed by atoms with Gasteiger partial charge in [-0.15, -0.1) is 0 Å². The molecular weight excluding hydrogens is 307 g/mol. The lowest BCUT2D eigenvalue weighted by Gasteiger charge is -2.18. The highest BCUT2D eigenvalue weighted by Crippen LogP contribution is 2.35. The Kier molecular flexibility index (Phi) is 4.58. The molecule has 1 heterocycles. The molecule has 2 aromatic rings. The molecule has 2 rings (SSSR count). The highest BCUT2D eigenvalue weighted by atomic mass is 19.4. The number of amides is 1. The zero-order valence-corrected chi connectivity index (χ0v) is 12.9. The number of hydrogen-bond acceptors (Lipinski definition) is 3. The van der Waals surface area contributed by atoms with Crippen molar-refractivity contribution in [2.45, 2.75) is 13.1 Å². The first-order valence-electron chi connectivity index (χ1n) is 6.81. The van der Waals surface area contributed by atoms with Crippen molar-refractivity contribution in [1.29, 1.82) is 0 Å². The lowest BCUT2D eigenvalue weighted by atomic mass is 10.0. The first-order chi connectivity index (χ1) is 10.7. The molecule has 0 fully saturated rings. The highest BCUT2D eigenvalue weighted by molar-refractivity contribution is 5.89. The van der Waals surface area contributed by atoms with Crippen LogP contribution in [0.3, 0.4) is 0 Å². The molecule has 1 aromatic heterocycles. The summed E-state index contributed by atoms with van der Waals surface area (Å²) in [6, 6.07) is 7.65. The van der Waals surface area contributed by atoms with E-state index in [0.717, 1.165) is 12.3 Å². The molecule has 1 aromatic carbocycles. The number of nitrogens with one attached hydrogen (secondary N) is 1. The SMILES string of the molecule is CC(=O)Nc1ccc(-c2cc(C(F)(F)F)cnc2N(C)C)cc1. The second kappa shape index (κ2) is 6.28. The van der Waals surface area contributed by atoms with Crippen LogP contribution in [0.1, 0.15) is 12.5 Å². The van der Waals surface area contributed by atoms with Gasteiger partial charge in [-0.1, -0.05) is 12.1 Å². The number of rotatable bonds is 3. The molecule has 0 atom stereocenters. The summed E-state index contributed by atoms with van der Waals surface area (Å²) in [7, 11) is 3.43. The van der Waals surface area contributed by atoms with E-state index in [1.807, 2.05) is 0 Å². The van der Waals surface area contributed by atoms with E-state index < -0.39 is 11.7 Å². The predicted octanol–water partition coefficient (Wildman–Crippen LogP) is 3.79. The molecule has 7 heteroatoms. The summed E-state index contributed by atoms with van der Waals surface area (Å²) in [6.07, 6.45) is -3.63. The first-order valence-corrected chi connectivity index (χ1v) is 6.81. The Morgan fingerprint density at radius 3 is 2.26 bits per heavy atom. The molecule has 0 aliphatic heterocycles. The Labute approximate surface area is 132 Å². The van der Waals surface area contributed by atoms with E-state index in [9.17, 15) is 18.0 Å². The van der Waals surface area contributed by atoms with Crippen molar-refractivity contribution < 1.29 is 18.0 Å². The lowest BCUT2D eigenvalue weighted by molar-refractivity contribution is -0.137. The largest absolute Gasteiger partial charge is 0.417 e. The molecule has 0 bridgehead atoms. The number of anilines is 2. The van der Waals surface area contributed by atoms with Crippen LogP contribution >= 0.6 is 0 Å². The molecular formula is C16H16F3N3O. The molecule has 0 aliphatic carbocycles. The molecule has 1 N–H and O–H groups in total. The Morgan fingerprint density at radius 2 is 1.78 bits per heavy atom. The number of carbonyl (C=O) groups is 1. The summed E-state index contributed by atoms with van der Waals surface area (Å²) >= 11 is 0. The number of halogens is 3. The Morgan fingerprint density at radius 1 is 1.17 bits per heavy atom. The van der Waals surface area contributed by atoms with Gasteiger partial charge in [-0.05, 0) is 23.8 Å². The molecule has 4 nitrogen and oxygen atoms in total. The number of pyridine rings is 1. The minimum absolute atomic E-state index is 0.215. The molecule has 122 valence electrons. The molecule has 0 radical (unpaired) electrons. The topological polar surface area (TPSA) is 45.2 Å². The maximum Gasteiger partial charge on any atom is 0.417 e. The Balaban J connectivity index is 2.49. The van der Waals surface area contributed by atoms with E-state index in [1.165, 1.54) is 6.92 Å². The van der Waals surface area contributed by atoms with Gasteiger partial charge in [0.05, 0.1) is 5.56 Å². The third-order valence-corrected chi connectivity index (χ3v) is 3.13. The number of carbonyl (C=O) groups excluding carboxylic acids is 1. The summed E-state index contributed by atoms with van der Waals surface area (Å²) in [6.45, 7) is 1.38. The minimum atomic E-state index is -4.46. The number of hydrogen-bond donors (Lipinski definition) is 1. The average molecular weight is 323 g/mol. The van der Waals surface area contributed by atoms with Gasteiger partial charge in [0.1, 0.15) is 5.82 Å². The minimum Gasteiger partial charge on any atom is -0.362 e. The summed E-state index contributed by atoms with van der Waals surface area (Å²) in [5.74, 6) is 0.220. The first kappa shape index (κ1) is 16.8. The number of aromatic nitrogens is 1. The zero-order chi connectivity index (χ0) is 17.2. The molecule has 0 aliphatic rings. The lowest BCUT2D eigenvalue weighted by Crippen LogP contribution is -2.14. The monoisotopic (exact) mass is 323 g/mol. The van der Waals surface area contributed by atoms with Crippen LogP contribution in [-0.4, -0.2) is 25.0 Å². The second-order valence-electron chi connectivity index (χ2n) is 5.25. The van der Waals surface area contributed by atoms with Crippen molar-refractivity contribution in [2.75, 3.05) is 24.3 Å². The van der Waals surface area contributed by atoms with Crippen molar-refractivity contribution in [3.8, 4) is 11.1 Å². The van der Waals surface area contributed by atoms with Gasteiger partial charge < -0.3 is 10.2 Å². The van der Waals surface area contributed by atoms with Crippen molar-refractivity contribution in [2.24, 2.45) is 0 Å².